The minimum atomic E-state index is -4.44. The molecule has 208 valence electrons. The van der Waals surface area contributed by atoms with Gasteiger partial charge in [-0.3, -0.25) is 4.79 Å². The van der Waals surface area contributed by atoms with Gasteiger partial charge in [-0.25, -0.2) is 10.4 Å². The second kappa shape index (κ2) is 13.6. The van der Waals surface area contributed by atoms with Gasteiger partial charge in [-0.05, 0) is 89.2 Å². The van der Waals surface area contributed by atoms with Crippen LogP contribution in [0, 0.1) is 3.57 Å². The molecule has 0 radical (unpaired) electrons. The largest absolute Gasteiger partial charge is 0.490 e. The first kappa shape index (κ1) is 29.3. The Bertz CT molecular complexity index is 1480. The van der Waals surface area contributed by atoms with Crippen LogP contribution in [0.25, 0.3) is 0 Å². The number of anilines is 2. The zero-order valence-corrected chi connectivity index (χ0v) is 24.1. The van der Waals surface area contributed by atoms with E-state index in [2.05, 4.69) is 43.4 Å². The number of nitrogens with zero attached hydrogens (tertiary/aromatic N) is 2. The van der Waals surface area contributed by atoms with Crippen molar-refractivity contribution in [3.05, 3.63) is 98.1 Å². The highest BCUT2D eigenvalue weighted by molar-refractivity contribution is 14.1. The van der Waals surface area contributed by atoms with Gasteiger partial charge in [-0.2, -0.15) is 18.3 Å². The number of ether oxygens (including phenoxy) is 2. The van der Waals surface area contributed by atoms with Crippen LogP contribution in [0.2, 0.25) is 0 Å². The van der Waals surface area contributed by atoms with Crippen molar-refractivity contribution >= 4 is 56.9 Å². The lowest BCUT2D eigenvalue weighted by Crippen LogP contribution is -2.19. The lowest BCUT2D eigenvalue weighted by molar-refractivity contribution is -0.137. The maximum absolute atomic E-state index is 12.9. The molecule has 1 heterocycles. The Labute approximate surface area is 246 Å². The number of alkyl halides is 3. The van der Waals surface area contributed by atoms with Crippen LogP contribution >= 0.6 is 33.9 Å². The van der Waals surface area contributed by atoms with E-state index < -0.39 is 17.6 Å². The molecule has 1 amide bonds. The van der Waals surface area contributed by atoms with Gasteiger partial charge >= 0.3 is 6.18 Å². The molecule has 3 aromatic carbocycles. The van der Waals surface area contributed by atoms with Crippen molar-refractivity contribution in [1.29, 1.82) is 0 Å². The van der Waals surface area contributed by atoms with E-state index in [-0.39, 0.29) is 12.1 Å². The molecule has 0 atom stereocenters. The molecule has 4 aromatic rings. The van der Waals surface area contributed by atoms with E-state index in [0.717, 1.165) is 21.3 Å². The lowest BCUT2D eigenvalue weighted by Gasteiger charge is -2.12. The molecular formula is C28H24F3IN4O3S. The van der Waals surface area contributed by atoms with Gasteiger partial charge in [-0.15, -0.1) is 11.3 Å². The highest BCUT2D eigenvalue weighted by atomic mass is 127. The van der Waals surface area contributed by atoms with Crippen LogP contribution in [0.5, 0.6) is 11.5 Å². The van der Waals surface area contributed by atoms with Gasteiger partial charge in [0, 0.05) is 14.6 Å². The monoisotopic (exact) mass is 680 g/mol. The summed E-state index contributed by atoms with van der Waals surface area (Å²) >= 11 is 3.43. The average molecular weight is 680 g/mol. The molecule has 0 aliphatic rings. The van der Waals surface area contributed by atoms with Crippen LogP contribution in [0.15, 0.2) is 77.2 Å². The molecule has 0 saturated heterocycles. The summed E-state index contributed by atoms with van der Waals surface area (Å²) in [4.78, 5) is 16.6. The van der Waals surface area contributed by atoms with Gasteiger partial charge in [-0.1, -0.05) is 18.2 Å². The minimum Gasteiger partial charge on any atom is -0.490 e. The van der Waals surface area contributed by atoms with Crippen molar-refractivity contribution in [2.75, 3.05) is 11.9 Å². The number of nitrogens with one attached hydrogen (secondary N) is 2. The molecule has 40 heavy (non-hydrogen) atoms. The van der Waals surface area contributed by atoms with Gasteiger partial charge in [0.1, 0.15) is 6.61 Å². The molecule has 2 N–H and O–H groups in total. The molecule has 0 unspecified atom stereocenters. The zero-order chi connectivity index (χ0) is 28.5. The number of hydrazone groups is 1. The van der Waals surface area contributed by atoms with Crippen LogP contribution in [-0.2, 0) is 24.0 Å². The quantitative estimate of drug-likeness (QED) is 0.0997. The SMILES string of the molecule is CCOc1cc(/C=N\NC(=O)Cc2csc(Nc3cccc(C(F)(F)F)c3)n2)ccc1OCc1ccc(I)cc1. The summed E-state index contributed by atoms with van der Waals surface area (Å²) < 4.78 is 51.6. The van der Waals surface area contributed by atoms with E-state index >= 15 is 0 Å². The van der Waals surface area contributed by atoms with Crippen LogP contribution in [0.3, 0.4) is 0 Å². The van der Waals surface area contributed by atoms with E-state index in [9.17, 15) is 18.0 Å². The summed E-state index contributed by atoms with van der Waals surface area (Å²) in [5.74, 6) is 0.765. The van der Waals surface area contributed by atoms with Crippen molar-refractivity contribution in [2.24, 2.45) is 5.10 Å². The van der Waals surface area contributed by atoms with Crippen molar-refractivity contribution in [2.45, 2.75) is 26.1 Å². The van der Waals surface area contributed by atoms with Crippen molar-refractivity contribution in [3.63, 3.8) is 0 Å². The fraction of sp³-hybridized carbons (Fsp3) is 0.179. The average Bonchev–Trinajstić information content (AvgIpc) is 3.35. The van der Waals surface area contributed by atoms with E-state index in [0.29, 0.717) is 41.1 Å². The summed E-state index contributed by atoms with van der Waals surface area (Å²) in [6, 6.07) is 18.2. The molecule has 1 aromatic heterocycles. The molecule has 12 heteroatoms. The van der Waals surface area contributed by atoms with E-state index in [1.165, 1.54) is 29.7 Å². The highest BCUT2D eigenvalue weighted by Crippen LogP contribution is 2.32. The standard InChI is InChI=1S/C28H24F3IN4O3S/c1-2-38-25-12-19(8-11-24(25)39-16-18-6-9-21(32)10-7-18)15-33-36-26(37)14-23-17-40-27(35-23)34-22-5-3-4-20(13-22)28(29,30)31/h3-13,15,17H,2,14,16H2,1H3,(H,34,35)(H,36,37)/b33-15-. The van der Waals surface area contributed by atoms with Crippen molar-refractivity contribution < 1.29 is 27.4 Å². The van der Waals surface area contributed by atoms with Crippen LogP contribution in [0.4, 0.5) is 24.0 Å². The number of carbonyl (C=O) groups is 1. The first-order valence-electron chi connectivity index (χ1n) is 12.0. The van der Waals surface area contributed by atoms with E-state index in [4.69, 9.17) is 9.47 Å². The van der Waals surface area contributed by atoms with E-state index in [1.807, 2.05) is 31.2 Å². The van der Waals surface area contributed by atoms with Crippen LogP contribution in [0.1, 0.15) is 29.3 Å². The summed E-state index contributed by atoms with van der Waals surface area (Å²) in [6.07, 6.45) is -3.00. The smallest absolute Gasteiger partial charge is 0.416 e. The predicted octanol–water partition coefficient (Wildman–Crippen LogP) is 7.18. The van der Waals surface area contributed by atoms with Gasteiger partial charge in [0.05, 0.1) is 30.5 Å². The molecular weight excluding hydrogens is 656 g/mol. The molecule has 4 rings (SSSR count). The predicted molar refractivity (Wildman–Crippen MR) is 157 cm³/mol. The molecule has 0 saturated carbocycles. The Morgan fingerprint density at radius 1 is 1.07 bits per heavy atom. The van der Waals surface area contributed by atoms with Gasteiger partial charge < -0.3 is 14.8 Å². The van der Waals surface area contributed by atoms with Gasteiger partial charge in [0.2, 0.25) is 5.91 Å². The normalized spacial score (nSPS) is 11.4. The van der Waals surface area contributed by atoms with Gasteiger partial charge in [0.15, 0.2) is 16.6 Å². The molecule has 0 aliphatic carbocycles. The van der Waals surface area contributed by atoms with E-state index in [1.54, 1.807) is 23.6 Å². The number of rotatable bonds is 11. The third kappa shape index (κ3) is 8.68. The molecule has 0 fully saturated rings. The molecule has 0 aliphatic heterocycles. The number of hydrogen-bond acceptors (Lipinski definition) is 7. The Morgan fingerprint density at radius 3 is 2.62 bits per heavy atom. The molecule has 0 spiro atoms. The zero-order valence-electron chi connectivity index (χ0n) is 21.2. The first-order chi connectivity index (χ1) is 19.2. The second-order valence-electron chi connectivity index (χ2n) is 8.37. The summed E-state index contributed by atoms with van der Waals surface area (Å²) in [7, 11) is 0. The topological polar surface area (TPSA) is 84.8 Å². The minimum absolute atomic E-state index is 0.0480. The van der Waals surface area contributed by atoms with Crippen molar-refractivity contribution in [3.8, 4) is 11.5 Å². The van der Waals surface area contributed by atoms with Crippen molar-refractivity contribution in [1.82, 2.24) is 10.4 Å². The number of carbonyl (C=O) groups excluding carboxylic acids is 1. The number of benzene rings is 3. The Kier molecular flexibility index (Phi) is 9.98. The molecule has 0 bridgehead atoms. The summed E-state index contributed by atoms with van der Waals surface area (Å²) in [6.45, 7) is 2.73. The number of thiazole rings is 1. The second-order valence-corrected chi connectivity index (χ2v) is 10.5. The fourth-order valence-corrected chi connectivity index (χ4v) is 4.55. The number of halogens is 4. The third-order valence-corrected chi connectivity index (χ3v) is 6.84. The van der Waals surface area contributed by atoms with Gasteiger partial charge in [0.25, 0.3) is 0 Å². The Balaban J connectivity index is 1.30. The Morgan fingerprint density at radius 2 is 1.88 bits per heavy atom. The Hall–Kier alpha value is -3.65. The van der Waals surface area contributed by atoms with Crippen LogP contribution in [-0.4, -0.2) is 23.7 Å². The summed E-state index contributed by atoms with van der Waals surface area (Å²) in [5, 5.41) is 8.88. The maximum Gasteiger partial charge on any atom is 0.416 e. The number of aromatic nitrogens is 1. The first-order valence-corrected chi connectivity index (χ1v) is 14.0. The molecule has 7 nitrogen and oxygen atoms in total. The fourth-order valence-electron chi connectivity index (χ4n) is 3.46. The van der Waals surface area contributed by atoms with Crippen LogP contribution < -0.4 is 20.2 Å². The number of hydrogen-bond donors (Lipinski definition) is 2. The maximum atomic E-state index is 12.9. The highest BCUT2D eigenvalue weighted by Gasteiger charge is 2.30. The lowest BCUT2D eigenvalue weighted by atomic mass is 10.2. The number of amides is 1. The third-order valence-electron chi connectivity index (χ3n) is 5.31. The summed E-state index contributed by atoms with van der Waals surface area (Å²) in [5.41, 5.74) is 4.15.